The zero-order valence-electron chi connectivity index (χ0n) is 17.1. The lowest BCUT2D eigenvalue weighted by Crippen LogP contribution is -2.43. The van der Waals surface area contributed by atoms with Crippen LogP contribution in [0.3, 0.4) is 0 Å². The van der Waals surface area contributed by atoms with Crippen LogP contribution in [0, 0.1) is 11.5 Å². The summed E-state index contributed by atoms with van der Waals surface area (Å²) in [5.74, 6) is 2.76. The van der Waals surface area contributed by atoms with Crippen molar-refractivity contribution in [1.82, 2.24) is 0 Å². The number of rotatable bonds is 5. The van der Waals surface area contributed by atoms with E-state index in [4.69, 9.17) is 9.47 Å². The molecule has 1 aromatic rings. The summed E-state index contributed by atoms with van der Waals surface area (Å²) in [7, 11) is -0.609. The Kier molecular flexibility index (Phi) is 7.64. The summed E-state index contributed by atoms with van der Waals surface area (Å²) < 4.78 is 10.1. The maximum absolute atomic E-state index is 11.9. The van der Waals surface area contributed by atoms with Crippen molar-refractivity contribution in [2.45, 2.75) is 65.1 Å². The highest BCUT2D eigenvalue weighted by Gasteiger charge is 2.41. The quantitative estimate of drug-likeness (QED) is 0.316. The number of hydrogen-bond donors (Lipinski definition) is 0. The third kappa shape index (κ3) is 4.76. The van der Waals surface area contributed by atoms with E-state index in [2.05, 4.69) is 53.0 Å². The third-order valence-electron chi connectivity index (χ3n) is 4.93. The maximum Gasteiger partial charge on any atom is 0.337 e. The van der Waals surface area contributed by atoms with Crippen molar-refractivity contribution in [2.75, 3.05) is 7.11 Å². The van der Waals surface area contributed by atoms with E-state index in [1.54, 1.807) is 18.2 Å². The number of carbonyl (C=O) groups excluding carboxylic acids is 2. The number of methoxy groups -OCH3 is 1. The summed E-state index contributed by atoms with van der Waals surface area (Å²) >= 11 is 0. The van der Waals surface area contributed by atoms with Crippen LogP contribution in [0.2, 0.25) is 16.6 Å². The molecular weight excluding hydrogens is 344 g/mol. The molecule has 0 atom stereocenters. The Bertz CT molecular complexity index is 701. The summed E-state index contributed by atoms with van der Waals surface area (Å²) in [6.07, 6.45) is 0. The van der Waals surface area contributed by atoms with E-state index in [0.717, 1.165) is 0 Å². The molecule has 0 unspecified atom stereocenters. The Labute approximate surface area is 158 Å². The normalized spacial score (nSPS) is 11.3. The standard InChI is InChI=1S/C21H30O4Si/c1-14(2)26(15(3)4,16(5)6)12-11-18-13-19(21(23)24-8)9-10-20(18)25-17(7)22/h9-10,13-16H,1-8H3. The van der Waals surface area contributed by atoms with E-state index in [9.17, 15) is 9.59 Å². The molecule has 142 valence electrons. The van der Waals surface area contributed by atoms with Crippen molar-refractivity contribution in [3.05, 3.63) is 29.3 Å². The molecular formula is C21H30O4Si. The molecule has 4 nitrogen and oxygen atoms in total. The van der Waals surface area contributed by atoms with Gasteiger partial charge in [-0.25, -0.2) is 4.79 Å². The molecule has 0 heterocycles. The Hall–Kier alpha value is -2.06. The Morgan fingerprint density at radius 1 is 1.00 bits per heavy atom. The second-order valence-corrected chi connectivity index (χ2v) is 13.0. The molecule has 0 bridgehead atoms. The van der Waals surface area contributed by atoms with Gasteiger partial charge in [-0.05, 0) is 34.8 Å². The molecule has 0 aliphatic rings. The largest absolute Gasteiger partial charge is 0.465 e. The topological polar surface area (TPSA) is 52.6 Å². The third-order valence-corrected chi connectivity index (χ3v) is 11.2. The molecule has 5 heteroatoms. The molecule has 0 spiro atoms. The van der Waals surface area contributed by atoms with Crippen LogP contribution in [0.4, 0.5) is 0 Å². The smallest absolute Gasteiger partial charge is 0.337 e. The van der Waals surface area contributed by atoms with Crippen molar-refractivity contribution in [1.29, 1.82) is 0 Å². The lowest BCUT2D eigenvalue weighted by molar-refractivity contribution is -0.131. The van der Waals surface area contributed by atoms with Crippen molar-refractivity contribution in [2.24, 2.45) is 0 Å². The fourth-order valence-corrected chi connectivity index (χ4v) is 8.94. The average Bonchev–Trinajstić information content (AvgIpc) is 2.54. The van der Waals surface area contributed by atoms with Gasteiger partial charge in [0.05, 0.1) is 18.2 Å². The highest BCUT2D eigenvalue weighted by molar-refractivity contribution is 6.90. The van der Waals surface area contributed by atoms with Gasteiger partial charge in [-0.15, -0.1) is 5.54 Å². The van der Waals surface area contributed by atoms with Gasteiger partial charge in [0, 0.05) is 6.92 Å². The molecule has 0 fully saturated rings. The van der Waals surface area contributed by atoms with Crippen molar-refractivity contribution >= 4 is 20.0 Å². The zero-order chi connectivity index (χ0) is 20.1. The van der Waals surface area contributed by atoms with Crippen LogP contribution in [0.25, 0.3) is 0 Å². The summed E-state index contributed by atoms with van der Waals surface area (Å²) in [6, 6.07) is 4.81. The van der Waals surface area contributed by atoms with Gasteiger partial charge in [0.25, 0.3) is 0 Å². The maximum atomic E-state index is 11.9. The van der Waals surface area contributed by atoms with Gasteiger partial charge in [0.2, 0.25) is 0 Å². The molecule has 1 aromatic carbocycles. The van der Waals surface area contributed by atoms with Gasteiger partial charge in [-0.1, -0.05) is 47.5 Å². The summed E-state index contributed by atoms with van der Waals surface area (Å²) in [6.45, 7) is 14.8. The average molecular weight is 375 g/mol. The summed E-state index contributed by atoms with van der Waals surface area (Å²) in [4.78, 5) is 23.3. The molecule has 0 amide bonds. The van der Waals surface area contributed by atoms with E-state index in [1.165, 1.54) is 14.0 Å². The number of benzene rings is 1. The number of ether oxygens (including phenoxy) is 2. The molecule has 0 aliphatic carbocycles. The SMILES string of the molecule is COC(=O)c1ccc(OC(C)=O)c(C#C[Si](C(C)C)(C(C)C)C(C)C)c1. The summed E-state index contributed by atoms with van der Waals surface area (Å²) in [5.41, 5.74) is 5.97. The molecule has 0 radical (unpaired) electrons. The Morgan fingerprint density at radius 3 is 1.96 bits per heavy atom. The zero-order valence-corrected chi connectivity index (χ0v) is 18.1. The summed E-state index contributed by atoms with van der Waals surface area (Å²) in [5, 5.41) is 0. The minimum absolute atomic E-state index is 0.372. The highest BCUT2D eigenvalue weighted by atomic mass is 28.3. The molecule has 0 saturated carbocycles. The minimum Gasteiger partial charge on any atom is -0.465 e. The van der Waals surface area contributed by atoms with Crippen LogP contribution in [0.15, 0.2) is 18.2 Å². The predicted molar refractivity (Wildman–Crippen MR) is 107 cm³/mol. The first kappa shape index (κ1) is 22.0. The second kappa shape index (κ2) is 9.04. The van der Waals surface area contributed by atoms with Crippen LogP contribution < -0.4 is 4.74 Å². The fourth-order valence-electron chi connectivity index (χ4n) is 3.72. The molecule has 0 N–H and O–H groups in total. The van der Waals surface area contributed by atoms with E-state index in [1.807, 2.05) is 0 Å². The monoisotopic (exact) mass is 374 g/mol. The Balaban J connectivity index is 3.56. The fraction of sp³-hybridized carbons (Fsp3) is 0.524. The van der Waals surface area contributed by atoms with Crippen molar-refractivity contribution in [3.8, 4) is 17.2 Å². The van der Waals surface area contributed by atoms with Crippen LogP contribution in [0.1, 0.15) is 64.4 Å². The number of carbonyl (C=O) groups is 2. The van der Waals surface area contributed by atoms with Gasteiger partial charge >= 0.3 is 11.9 Å². The second-order valence-electron chi connectivity index (χ2n) is 7.44. The van der Waals surface area contributed by atoms with Crippen LogP contribution in [-0.4, -0.2) is 27.1 Å². The van der Waals surface area contributed by atoms with E-state index in [0.29, 0.717) is 33.5 Å². The van der Waals surface area contributed by atoms with Gasteiger partial charge in [0.15, 0.2) is 0 Å². The first-order chi connectivity index (χ1) is 12.1. The first-order valence-corrected chi connectivity index (χ1v) is 11.2. The van der Waals surface area contributed by atoms with Gasteiger partial charge < -0.3 is 9.47 Å². The lowest BCUT2D eigenvalue weighted by Gasteiger charge is -2.38. The lowest BCUT2D eigenvalue weighted by atomic mass is 10.1. The van der Waals surface area contributed by atoms with E-state index in [-0.39, 0.29) is 0 Å². The molecule has 0 aliphatic heterocycles. The highest BCUT2D eigenvalue weighted by Crippen LogP contribution is 2.41. The van der Waals surface area contributed by atoms with Crippen molar-refractivity contribution in [3.63, 3.8) is 0 Å². The number of hydrogen-bond acceptors (Lipinski definition) is 4. The van der Waals surface area contributed by atoms with Crippen molar-refractivity contribution < 1.29 is 19.1 Å². The van der Waals surface area contributed by atoms with E-state index < -0.39 is 20.0 Å². The van der Waals surface area contributed by atoms with E-state index >= 15 is 0 Å². The van der Waals surface area contributed by atoms with Gasteiger partial charge in [-0.2, -0.15) is 0 Å². The van der Waals surface area contributed by atoms with Crippen LogP contribution in [0.5, 0.6) is 5.75 Å². The minimum atomic E-state index is -1.94. The van der Waals surface area contributed by atoms with Crippen LogP contribution >= 0.6 is 0 Å². The molecule has 0 saturated heterocycles. The van der Waals surface area contributed by atoms with Gasteiger partial charge in [-0.3, -0.25) is 4.79 Å². The first-order valence-electron chi connectivity index (χ1n) is 9.00. The number of esters is 2. The predicted octanol–water partition coefficient (Wildman–Crippen LogP) is 4.97. The molecule has 1 rings (SSSR count). The molecule has 26 heavy (non-hydrogen) atoms. The molecule has 0 aromatic heterocycles. The van der Waals surface area contributed by atoms with Gasteiger partial charge in [0.1, 0.15) is 13.8 Å². The Morgan fingerprint density at radius 2 is 1.54 bits per heavy atom. The van der Waals surface area contributed by atoms with Crippen LogP contribution in [-0.2, 0) is 9.53 Å².